The van der Waals surface area contributed by atoms with Crippen molar-refractivity contribution in [2.75, 3.05) is 26.4 Å². The van der Waals surface area contributed by atoms with E-state index in [9.17, 15) is 19.8 Å². The number of carbonyl (C=O) groups excluding carboxylic acids is 4. The summed E-state index contributed by atoms with van der Waals surface area (Å²) in [6.45, 7) is 33.9. The molecule has 0 bridgehead atoms. The molecule has 0 unspecified atom stereocenters. The summed E-state index contributed by atoms with van der Waals surface area (Å²) in [4.78, 5) is 40.4. The van der Waals surface area contributed by atoms with E-state index < -0.39 is 35.8 Å². The van der Waals surface area contributed by atoms with E-state index in [1.807, 2.05) is 0 Å². The molecule has 0 N–H and O–H groups in total. The molecule has 0 atom stereocenters. The number of carboxylic acid groups (broad SMARTS) is 2. The predicted molar refractivity (Wildman–Crippen MR) is 215 cm³/mol. The first-order chi connectivity index (χ1) is 28.0. The van der Waals surface area contributed by atoms with E-state index in [1.165, 1.54) is 66.8 Å². The maximum Gasteiger partial charge on any atom is 2.00 e. The van der Waals surface area contributed by atoms with Crippen molar-refractivity contribution in [1.29, 1.82) is 0 Å². The predicted octanol–water partition coefficient (Wildman–Crippen LogP) is 3.43. The van der Waals surface area contributed by atoms with Crippen LogP contribution in [-0.4, -0.2) is 61.7 Å². The fraction of sp³-hybridized carbons (Fsp3) is 0.476. The number of ether oxygens (including phenoxy) is 4. The van der Waals surface area contributed by atoms with Crippen molar-refractivity contribution in [3.63, 3.8) is 0 Å². The zero-order valence-electron chi connectivity index (χ0n) is 38.1. The van der Waals surface area contributed by atoms with Crippen LogP contribution in [0, 0.1) is 83.1 Å². The number of nitrogens with zero attached hydrogens (tertiary/aromatic N) is 6. The number of esters is 2. The molecule has 2 aromatic rings. The van der Waals surface area contributed by atoms with Gasteiger partial charge in [-0.1, -0.05) is 13.8 Å². The summed E-state index contributed by atoms with van der Waals surface area (Å²) in [6, 6.07) is 0. The van der Waals surface area contributed by atoms with Gasteiger partial charge in [0.1, 0.15) is 11.4 Å². The summed E-state index contributed by atoms with van der Waals surface area (Å²) in [6.07, 6.45) is 0. The van der Waals surface area contributed by atoms with Crippen molar-refractivity contribution >= 4 is 35.3 Å². The fourth-order valence-electron chi connectivity index (χ4n) is 5.14. The molecule has 0 saturated carbocycles. The molecule has 0 aliphatic carbocycles. The minimum Gasteiger partial charge on any atom is -0.612 e. The first kappa shape index (κ1) is 61.1. The Hall–Kier alpha value is -5.21. The number of hydrogen-bond acceptors (Lipinski definition) is 18. The smallest absolute Gasteiger partial charge is 0.612 e. The summed E-state index contributed by atoms with van der Waals surface area (Å²) in [5.41, 5.74) is 16.6. The molecule has 0 amide bonds. The van der Waals surface area contributed by atoms with E-state index in [0.29, 0.717) is 0 Å². The maximum atomic E-state index is 11.3. The third-order valence-electron chi connectivity index (χ3n) is 9.82. The van der Waals surface area contributed by atoms with Gasteiger partial charge < -0.3 is 49.0 Å². The Morgan fingerprint density at radius 1 is 0.387 bits per heavy atom. The molecule has 2 heterocycles. The van der Waals surface area contributed by atoms with Gasteiger partial charge in [-0.25, -0.2) is 9.59 Å². The van der Waals surface area contributed by atoms with E-state index in [-0.39, 0.29) is 88.2 Å². The van der Waals surface area contributed by atoms with Gasteiger partial charge in [-0.15, -0.1) is 20.4 Å². The van der Waals surface area contributed by atoms with Gasteiger partial charge in [0.2, 0.25) is 11.4 Å². The first-order valence-electron chi connectivity index (χ1n) is 18.9. The van der Waals surface area contributed by atoms with Gasteiger partial charge in [-0.05, 0) is 187 Å². The number of carbonyl (C=O) groups is 4. The normalized spacial score (nSPS) is 13.2. The molecule has 62 heavy (non-hydrogen) atoms. The van der Waals surface area contributed by atoms with Crippen LogP contribution in [-0.2, 0) is 77.1 Å². The molecule has 20 heteroatoms. The number of carboxylic acids is 2. The van der Waals surface area contributed by atoms with Crippen LogP contribution in [0.25, 0.3) is 0 Å². The van der Waals surface area contributed by atoms with Crippen molar-refractivity contribution in [3.05, 3.63) is 90.0 Å². The van der Waals surface area contributed by atoms with Gasteiger partial charge in [0.15, 0.2) is 0 Å². The van der Waals surface area contributed by atoms with Gasteiger partial charge in [-0.3, -0.25) is 0 Å². The standard InChI is InChI=1S/2C12H18.2C8H11N3O4.C2H2O4.2Ru/c2*1-7-8(2)10(4)12(6)11(5)9(7)3;2*1-3-14-7(12)5-6(10-11-9-5)8(13)15-4-2;3-1(4)2(5)6;;/h2*1-6H3;2*12H,3-4H2,1-2H3;(H,3,4)(H,5,6);;/q;;;;;2*+2/p-4/b;;7-5+;7-5-;;;. The number of benzene rings is 2. The molecule has 0 fully saturated rings. The maximum absolute atomic E-state index is 11.3. The van der Waals surface area contributed by atoms with Gasteiger partial charge >= 0.3 is 50.9 Å². The Bertz CT molecular complexity index is 1750. The molecular formula is C42H56N6O12Ru2. The zero-order chi connectivity index (χ0) is 46.6. The van der Waals surface area contributed by atoms with Crippen molar-refractivity contribution < 1.29 is 97.5 Å². The number of hydrogen-bond donors (Lipinski definition) is 0. The van der Waals surface area contributed by atoms with E-state index in [1.54, 1.807) is 27.7 Å². The molecule has 2 aliphatic heterocycles. The second-order valence-electron chi connectivity index (χ2n) is 12.9. The van der Waals surface area contributed by atoms with Crippen molar-refractivity contribution in [2.45, 2.75) is 111 Å². The minimum absolute atomic E-state index is 0. The van der Waals surface area contributed by atoms with E-state index in [2.05, 4.69) is 133 Å². The number of rotatable bonds is 8. The van der Waals surface area contributed by atoms with Gasteiger partial charge in [0.25, 0.3) is 0 Å². The summed E-state index contributed by atoms with van der Waals surface area (Å²) in [7, 11) is 0. The molecule has 2 aliphatic rings. The monoisotopic (exact) mass is 1040 g/mol. The summed E-state index contributed by atoms with van der Waals surface area (Å²) in [5.74, 6) is -7.29. The SMILES string of the molecule is CCOC(=O)C1=NN=N/C1=C(/[O-])OCC.CCOC(=O)C1=NN=N/C1=C(\[O-])OCC.Cc1c(C)c(C)c(C)c(C)c1C.Cc1c(C)c(C)c(C)c(C)c1C.O=C([O-])C(=O)[O-].[Ru+2].[Ru+2]. The first-order valence-corrected chi connectivity index (χ1v) is 18.9. The average molecular weight is 1040 g/mol. The topological polar surface area (TPSA) is 272 Å². The Kier molecular flexibility index (Phi) is 29.5. The molecule has 0 spiro atoms. The average Bonchev–Trinajstić information content (AvgIpc) is 3.92. The van der Waals surface area contributed by atoms with Crippen LogP contribution in [0.5, 0.6) is 0 Å². The van der Waals surface area contributed by atoms with E-state index in [4.69, 9.17) is 19.8 Å². The minimum atomic E-state index is -2.19. The second kappa shape index (κ2) is 29.9. The largest absolute Gasteiger partial charge is 2.00 e. The molecular weight excluding hydrogens is 983 g/mol. The van der Waals surface area contributed by atoms with Crippen LogP contribution in [0.4, 0.5) is 0 Å². The molecule has 0 radical (unpaired) electrons. The van der Waals surface area contributed by atoms with Crippen LogP contribution in [0.15, 0.2) is 54.2 Å². The van der Waals surface area contributed by atoms with Crippen LogP contribution < -0.4 is 20.4 Å². The molecule has 4 rings (SSSR count). The third kappa shape index (κ3) is 17.6. The Morgan fingerprint density at radius 3 is 0.742 bits per heavy atom. The van der Waals surface area contributed by atoms with E-state index >= 15 is 0 Å². The van der Waals surface area contributed by atoms with Crippen molar-refractivity contribution in [2.24, 2.45) is 30.9 Å². The fourth-order valence-corrected chi connectivity index (χ4v) is 5.14. The molecule has 2 aromatic carbocycles. The van der Waals surface area contributed by atoms with Crippen molar-refractivity contribution in [1.82, 2.24) is 0 Å². The van der Waals surface area contributed by atoms with Crippen LogP contribution >= 0.6 is 0 Å². The Balaban J connectivity index is -0.000000712. The van der Waals surface area contributed by atoms with Gasteiger partial charge in [0.05, 0.1) is 37.0 Å². The Morgan fingerprint density at radius 2 is 0.581 bits per heavy atom. The number of aliphatic carboxylic acids is 2. The van der Waals surface area contributed by atoms with Crippen molar-refractivity contribution in [3.8, 4) is 0 Å². The van der Waals surface area contributed by atoms with Crippen LogP contribution in [0.2, 0.25) is 0 Å². The van der Waals surface area contributed by atoms with Crippen LogP contribution in [0.1, 0.15) is 94.5 Å². The molecule has 342 valence electrons. The molecule has 0 saturated heterocycles. The zero-order valence-corrected chi connectivity index (χ0v) is 41.6. The molecule has 18 nitrogen and oxygen atoms in total. The summed E-state index contributed by atoms with van der Waals surface area (Å²) >= 11 is 0. The van der Waals surface area contributed by atoms with Gasteiger partial charge in [-0.2, -0.15) is 0 Å². The van der Waals surface area contributed by atoms with Gasteiger partial charge in [0, 0.05) is 0 Å². The second-order valence-corrected chi connectivity index (χ2v) is 12.9. The Labute approximate surface area is 389 Å². The quantitative estimate of drug-likeness (QED) is 0.159. The molecule has 0 aromatic heterocycles. The van der Waals surface area contributed by atoms with E-state index in [0.717, 1.165) is 0 Å². The summed E-state index contributed by atoms with van der Waals surface area (Å²) in [5, 5.41) is 60.4. The van der Waals surface area contributed by atoms with Crippen LogP contribution in [0.3, 0.4) is 0 Å². The summed E-state index contributed by atoms with van der Waals surface area (Å²) < 4.78 is 18.7. The third-order valence-corrected chi connectivity index (χ3v) is 9.82.